The van der Waals surface area contributed by atoms with E-state index in [1.165, 1.54) is 26.4 Å². The molecule has 198 valence electrons. The minimum Gasteiger partial charge on any atom is -0.496 e. The van der Waals surface area contributed by atoms with Crippen LogP contribution in [0.5, 0.6) is 11.5 Å². The highest BCUT2D eigenvalue weighted by atomic mass is 16.5. The summed E-state index contributed by atoms with van der Waals surface area (Å²) in [5.41, 5.74) is 1.34. The quantitative estimate of drug-likeness (QED) is 0.182. The topological polar surface area (TPSA) is 105 Å². The number of Topliss-reactive ketones (excluding diaryl/α,β-unsaturated/α-hetero) is 1. The molecule has 0 fully saturated rings. The number of benzene rings is 3. The first-order valence-electron chi connectivity index (χ1n) is 12.2. The normalized spacial score (nSPS) is 11.2. The average molecular weight is 519 g/mol. The van der Waals surface area contributed by atoms with Crippen molar-refractivity contribution in [3.8, 4) is 11.5 Å². The Morgan fingerprint density at radius 1 is 0.816 bits per heavy atom. The molecule has 3 aromatic rings. The molecule has 8 heteroatoms. The first-order valence-corrected chi connectivity index (χ1v) is 12.2. The van der Waals surface area contributed by atoms with Crippen LogP contribution in [0.15, 0.2) is 72.8 Å². The summed E-state index contributed by atoms with van der Waals surface area (Å²) >= 11 is 0. The molecule has 3 aromatic carbocycles. The van der Waals surface area contributed by atoms with Crippen LogP contribution in [-0.2, 0) is 20.7 Å². The predicted octanol–water partition coefficient (Wildman–Crippen LogP) is 5.23. The van der Waals surface area contributed by atoms with Crippen LogP contribution < -0.4 is 9.47 Å². The number of carbonyl (C=O) groups is 4. The molecule has 0 unspecified atom stereocenters. The number of carbonyl (C=O) groups excluding carboxylic acids is 4. The van der Waals surface area contributed by atoms with Gasteiger partial charge in [-0.25, -0.2) is 9.59 Å². The zero-order valence-corrected chi connectivity index (χ0v) is 21.6. The van der Waals surface area contributed by atoms with Gasteiger partial charge in [-0.3, -0.25) is 9.59 Å². The van der Waals surface area contributed by atoms with Crippen LogP contribution in [0.25, 0.3) is 0 Å². The van der Waals surface area contributed by atoms with E-state index in [9.17, 15) is 19.2 Å². The van der Waals surface area contributed by atoms with Gasteiger partial charge in [-0.05, 0) is 55.7 Å². The van der Waals surface area contributed by atoms with Crippen molar-refractivity contribution >= 4 is 23.7 Å². The molecule has 0 aromatic heterocycles. The van der Waals surface area contributed by atoms with Crippen molar-refractivity contribution in [2.75, 3.05) is 14.2 Å². The molecule has 0 bridgehead atoms. The predicted molar refractivity (Wildman–Crippen MR) is 140 cm³/mol. The van der Waals surface area contributed by atoms with Crippen molar-refractivity contribution < 1.29 is 38.1 Å². The van der Waals surface area contributed by atoms with Gasteiger partial charge >= 0.3 is 17.9 Å². The fraction of sp³-hybridized carbons (Fsp3) is 0.267. The second kappa shape index (κ2) is 13.7. The third-order valence-electron chi connectivity index (χ3n) is 5.77. The molecule has 38 heavy (non-hydrogen) atoms. The molecule has 0 spiro atoms. The first kappa shape index (κ1) is 28.1. The number of hydrogen-bond acceptors (Lipinski definition) is 8. The summed E-state index contributed by atoms with van der Waals surface area (Å²) in [7, 11) is 2.64. The molecular weight excluding hydrogens is 488 g/mol. The number of hydrogen-bond donors (Lipinski definition) is 0. The van der Waals surface area contributed by atoms with Crippen LogP contribution in [0, 0.1) is 0 Å². The van der Waals surface area contributed by atoms with E-state index in [4.69, 9.17) is 18.9 Å². The Hall–Kier alpha value is -4.46. The Bertz CT molecular complexity index is 1270. The molecule has 3 rings (SSSR count). The molecule has 0 heterocycles. The van der Waals surface area contributed by atoms with Gasteiger partial charge in [-0.15, -0.1) is 0 Å². The summed E-state index contributed by atoms with van der Waals surface area (Å²) < 4.78 is 21.2. The zero-order valence-electron chi connectivity index (χ0n) is 21.6. The van der Waals surface area contributed by atoms with E-state index in [0.29, 0.717) is 29.5 Å². The molecule has 0 aliphatic heterocycles. The zero-order chi connectivity index (χ0) is 27.5. The Kier molecular flexibility index (Phi) is 10.2. The lowest BCUT2D eigenvalue weighted by molar-refractivity contribution is -0.139. The van der Waals surface area contributed by atoms with E-state index in [-0.39, 0.29) is 35.7 Å². The number of rotatable bonds is 12. The van der Waals surface area contributed by atoms with Crippen molar-refractivity contribution in [2.24, 2.45) is 0 Å². The summed E-state index contributed by atoms with van der Waals surface area (Å²) in [6.45, 7) is 1.77. The van der Waals surface area contributed by atoms with E-state index in [0.717, 1.165) is 0 Å². The molecule has 0 N–H and O–H groups in total. The van der Waals surface area contributed by atoms with Gasteiger partial charge in [0.2, 0.25) is 0 Å². The first-order chi connectivity index (χ1) is 18.3. The maximum Gasteiger partial charge on any atom is 0.343 e. The van der Waals surface area contributed by atoms with Gasteiger partial charge in [0.25, 0.3) is 0 Å². The molecule has 8 nitrogen and oxygen atoms in total. The van der Waals surface area contributed by atoms with E-state index in [2.05, 4.69) is 0 Å². The third kappa shape index (κ3) is 7.77. The largest absolute Gasteiger partial charge is 0.496 e. The minimum atomic E-state index is -0.588. The second-order valence-corrected chi connectivity index (χ2v) is 8.57. The van der Waals surface area contributed by atoms with Crippen LogP contribution in [-0.4, -0.2) is 44.0 Å². The van der Waals surface area contributed by atoms with Gasteiger partial charge in [0.1, 0.15) is 11.5 Å². The van der Waals surface area contributed by atoms with Gasteiger partial charge in [0.15, 0.2) is 5.78 Å². The molecule has 0 amide bonds. The number of methoxy groups -OCH3 is 2. The summed E-state index contributed by atoms with van der Waals surface area (Å²) in [6, 6.07) is 20.0. The average Bonchev–Trinajstić information content (AvgIpc) is 2.93. The minimum absolute atomic E-state index is 0.126. The molecule has 0 aliphatic rings. The Morgan fingerprint density at radius 2 is 1.42 bits per heavy atom. The molecule has 0 aliphatic carbocycles. The van der Waals surface area contributed by atoms with Gasteiger partial charge < -0.3 is 18.9 Å². The van der Waals surface area contributed by atoms with Crippen LogP contribution >= 0.6 is 0 Å². The molecule has 1 atom stereocenters. The maximum absolute atomic E-state index is 13.2. The molecule has 0 radical (unpaired) electrons. The van der Waals surface area contributed by atoms with E-state index in [1.807, 2.05) is 6.07 Å². The monoisotopic (exact) mass is 518 g/mol. The van der Waals surface area contributed by atoms with Crippen molar-refractivity contribution in [2.45, 2.75) is 38.7 Å². The maximum atomic E-state index is 13.2. The lowest BCUT2D eigenvalue weighted by Crippen LogP contribution is -2.16. The van der Waals surface area contributed by atoms with Crippen molar-refractivity contribution in [3.05, 3.63) is 95.1 Å². The van der Waals surface area contributed by atoms with Crippen molar-refractivity contribution in [3.63, 3.8) is 0 Å². The third-order valence-corrected chi connectivity index (χ3v) is 5.77. The molecule has 0 saturated carbocycles. The smallest absolute Gasteiger partial charge is 0.343 e. The summed E-state index contributed by atoms with van der Waals surface area (Å²) in [5.74, 6) is -1.53. The number of ketones is 1. The summed E-state index contributed by atoms with van der Waals surface area (Å²) in [4.78, 5) is 50.1. The fourth-order valence-electron chi connectivity index (χ4n) is 3.85. The highest BCUT2D eigenvalue weighted by Crippen LogP contribution is 2.32. The van der Waals surface area contributed by atoms with Crippen LogP contribution in [0.4, 0.5) is 0 Å². The Morgan fingerprint density at radius 3 is 2.00 bits per heavy atom. The fourth-order valence-corrected chi connectivity index (χ4v) is 3.85. The standard InChI is InChI=1S/C30H30O8/c1-20(37-29(33)21-12-6-4-7-13-21)11-10-16-25(31)28-23(18-27(32)36-3)17-24(19-26(28)35-2)38-30(34)22-14-8-5-9-15-22/h4-9,12-15,17,19-20H,10-11,16,18H2,1-3H3/t20-/m1/s1. The van der Waals surface area contributed by atoms with Crippen molar-refractivity contribution in [1.29, 1.82) is 0 Å². The SMILES string of the molecule is COC(=O)Cc1cc(OC(=O)c2ccccc2)cc(OC)c1C(=O)CCC[C@@H](C)OC(=O)c1ccccc1. The van der Waals surface area contributed by atoms with Crippen LogP contribution in [0.2, 0.25) is 0 Å². The Labute approximate surface area is 221 Å². The highest BCUT2D eigenvalue weighted by molar-refractivity contribution is 6.01. The van der Waals surface area contributed by atoms with E-state index >= 15 is 0 Å². The van der Waals surface area contributed by atoms with E-state index in [1.54, 1.807) is 61.5 Å². The van der Waals surface area contributed by atoms with Crippen molar-refractivity contribution in [1.82, 2.24) is 0 Å². The van der Waals surface area contributed by atoms with Crippen LogP contribution in [0.3, 0.4) is 0 Å². The van der Waals surface area contributed by atoms with Gasteiger partial charge in [0.05, 0.1) is 43.4 Å². The van der Waals surface area contributed by atoms with Crippen LogP contribution in [0.1, 0.15) is 62.8 Å². The lowest BCUT2D eigenvalue weighted by Gasteiger charge is -2.16. The Balaban J connectivity index is 1.72. The van der Waals surface area contributed by atoms with E-state index < -0.39 is 24.0 Å². The highest BCUT2D eigenvalue weighted by Gasteiger charge is 2.23. The second-order valence-electron chi connectivity index (χ2n) is 8.57. The summed E-state index contributed by atoms with van der Waals surface area (Å²) in [5, 5.41) is 0. The van der Waals surface area contributed by atoms with Gasteiger partial charge in [0, 0.05) is 12.5 Å². The van der Waals surface area contributed by atoms with Gasteiger partial charge in [-0.1, -0.05) is 36.4 Å². The van der Waals surface area contributed by atoms with Gasteiger partial charge in [-0.2, -0.15) is 0 Å². The number of esters is 3. The summed E-state index contributed by atoms with van der Waals surface area (Å²) in [6.07, 6.45) is 0.419. The molecule has 0 saturated heterocycles. The lowest BCUT2D eigenvalue weighted by atomic mass is 9.96. The number of ether oxygens (including phenoxy) is 4. The molecular formula is C30H30O8.